The molecule has 2 aromatic carbocycles. The lowest BCUT2D eigenvalue weighted by atomic mass is 10.00. The van der Waals surface area contributed by atoms with E-state index < -0.39 is 0 Å². The van der Waals surface area contributed by atoms with Crippen molar-refractivity contribution in [3.8, 4) is 11.1 Å². The molecule has 4 heteroatoms. The number of pyridine rings is 1. The van der Waals surface area contributed by atoms with Crippen molar-refractivity contribution < 1.29 is 4.39 Å². The first-order chi connectivity index (χ1) is 12.2. The van der Waals surface area contributed by atoms with Crippen LogP contribution in [0.1, 0.15) is 24.8 Å². The summed E-state index contributed by atoms with van der Waals surface area (Å²) in [4.78, 5) is 6.76. The number of aromatic nitrogens is 1. The number of hydrogen-bond acceptors (Lipinski definition) is 2. The van der Waals surface area contributed by atoms with E-state index in [4.69, 9.17) is 11.6 Å². The van der Waals surface area contributed by atoms with Crippen LogP contribution < -0.4 is 0 Å². The Bertz CT molecular complexity index is 904. The molecule has 0 amide bonds. The summed E-state index contributed by atoms with van der Waals surface area (Å²) >= 11 is 6.28. The molecule has 0 atom stereocenters. The van der Waals surface area contributed by atoms with Gasteiger partial charge in [0.25, 0.3) is 0 Å². The second-order valence-electron chi connectivity index (χ2n) is 6.68. The number of hydrogen-bond donors (Lipinski definition) is 0. The standard InChI is InChI=1S/C21H20ClFN2/c22-19-8-9-24-21-7-5-16(13-18(19)21)17-12-15(4-6-20(17)23)14-25-10-2-1-3-11-25/h4-9,12-13H,1-3,10-11,14H2. The van der Waals surface area contributed by atoms with Gasteiger partial charge in [0.1, 0.15) is 5.82 Å². The second kappa shape index (κ2) is 7.11. The molecule has 1 saturated heterocycles. The maximum absolute atomic E-state index is 14.5. The average Bonchev–Trinajstić information content (AvgIpc) is 2.64. The third-order valence-corrected chi connectivity index (χ3v) is 5.21. The van der Waals surface area contributed by atoms with Crippen LogP contribution in [-0.4, -0.2) is 23.0 Å². The molecular weight excluding hydrogens is 335 g/mol. The lowest BCUT2D eigenvalue weighted by Crippen LogP contribution is -2.29. The Kier molecular flexibility index (Phi) is 4.69. The molecule has 2 heterocycles. The predicted octanol–water partition coefficient (Wildman–Crippen LogP) is 5.68. The number of piperidine rings is 1. The van der Waals surface area contributed by atoms with E-state index in [0.717, 1.165) is 41.7 Å². The summed E-state index contributed by atoms with van der Waals surface area (Å²) < 4.78 is 14.5. The van der Waals surface area contributed by atoms with Crippen LogP contribution in [0.2, 0.25) is 5.02 Å². The van der Waals surface area contributed by atoms with Crippen molar-refractivity contribution >= 4 is 22.5 Å². The normalized spacial score (nSPS) is 15.6. The summed E-state index contributed by atoms with van der Waals surface area (Å²) in [6.07, 6.45) is 5.51. The Morgan fingerprint density at radius 1 is 1.00 bits per heavy atom. The quantitative estimate of drug-likeness (QED) is 0.601. The van der Waals surface area contributed by atoms with Gasteiger partial charge in [-0.2, -0.15) is 0 Å². The van der Waals surface area contributed by atoms with Crippen molar-refractivity contribution in [1.29, 1.82) is 0 Å². The fourth-order valence-electron chi connectivity index (χ4n) is 3.55. The molecule has 0 unspecified atom stereocenters. The van der Waals surface area contributed by atoms with Crippen LogP contribution in [0.15, 0.2) is 48.7 Å². The molecule has 0 saturated carbocycles. The number of likely N-dealkylation sites (tertiary alicyclic amines) is 1. The zero-order valence-electron chi connectivity index (χ0n) is 14.0. The number of nitrogens with zero attached hydrogens (tertiary/aromatic N) is 2. The Balaban J connectivity index is 1.69. The Labute approximate surface area is 152 Å². The van der Waals surface area contributed by atoms with Crippen LogP contribution in [0.3, 0.4) is 0 Å². The van der Waals surface area contributed by atoms with Gasteiger partial charge in [0.15, 0.2) is 0 Å². The molecule has 0 radical (unpaired) electrons. The number of fused-ring (bicyclic) bond motifs is 1. The number of halogens is 2. The van der Waals surface area contributed by atoms with Gasteiger partial charge in [-0.3, -0.25) is 9.88 Å². The van der Waals surface area contributed by atoms with E-state index in [9.17, 15) is 4.39 Å². The van der Waals surface area contributed by atoms with Gasteiger partial charge < -0.3 is 0 Å². The highest BCUT2D eigenvalue weighted by Crippen LogP contribution is 2.30. The molecule has 4 rings (SSSR count). The summed E-state index contributed by atoms with van der Waals surface area (Å²) in [6, 6.07) is 12.9. The highest BCUT2D eigenvalue weighted by molar-refractivity contribution is 6.35. The molecule has 0 spiro atoms. The first-order valence-corrected chi connectivity index (χ1v) is 9.14. The average molecular weight is 355 g/mol. The van der Waals surface area contributed by atoms with Crippen molar-refractivity contribution in [2.45, 2.75) is 25.8 Å². The van der Waals surface area contributed by atoms with Crippen LogP contribution in [-0.2, 0) is 6.54 Å². The molecule has 1 aliphatic heterocycles. The molecule has 3 aromatic rings. The van der Waals surface area contributed by atoms with E-state index in [-0.39, 0.29) is 5.82 Å². The molecule has 128 valence electrons. The first kappa shape index (κ1) is 16.5. The van der Waals surface area contributed by atoms with Gasteiger partial charge >= 0.3 is 0 Å². The predicted molar refractivity (Wildman–Crippen MR) is 101 cm³/mol. The zero-order chi connectivity index (χ0) is 17.2. The minimum Gasteiger partial charge on any atom is -0.299 e. The smallest absolute Gasteiger partial charge is 0.131 e. The third-order valence-electron chi connectivity index (χ3n) is 4.88. The Hall–Kier alpha value is -1.97. The van der Waals surface area contributed by atoms with Gasteiger partial charge in [0.05, 0.1) is 10.5 Å². The molecule has 2 nitrogen and oxygen atoms in total. The van der Waals surface area contributed by atoms with Crippen molar-refractivity contribution in [3.63, 3.8) is 0 Å². The summed E-state index contributed by atoms with van der Waals surface area (Å²) in [5.74, 6) is -0.207. The highest BCUT2D eigenvalue weighted by atomic mass is 35.5. The molecule has 0 aliphatic carbocycles. The zero-order valence-corrected chi connectivity index (χ0v) is 14.8. The summed E-state index contributed by atoms with van der Waals surface area (Å²) in [5.41, 5.74) is 3.42. The van der Waals surface area contributed by atoms with Crippen LogP contribution >= 0.6 is 11.6 Å². The van der Waals surface area contributed by atoms with Crippen molar-refractivity contribution in [2.24, 2.45) is 0 Å². The van der Waals surface area contributed by atoms with Crippen LogP contribution in [0.4, 0.5) is 4.39 Å². The van der Waals surface area contributed by atoms with Crippen LogP contribution in [0.5, 0.6) is 0 Å². The molecule has 25 heavy (non-hydrogen) atoms. The van der Waals surface area contributed by atoms with Gasteiger partial charge in [-0.05, 0) is 67.4 Å². The van der Waals surface area contributed by atoms with Gasteiger partial charge in [-0.1, -0.05) is 30.2 Å². The fraction of sp³-hybridized carbons (Fsp3) is 0.286. The maximum atomic E-state index is 14.5. The number of rotatable bonds is 3. The fourth-order valence-corrected chi connectivity index (χ4v) is 3.76. The van der Waals surface area contributed by atoms with E-state index >= 15 is 0 Å². The second-order valence-corrected chi connectivity index (χ2v) is 7.08. The lowest BCUT2D eigenvalue weighted by molar-refractivity contribution is 0.221. The molecule has 0 N–H and O–H groups in total. The van der Waals surface area contributed by atoms with Crippen LogP contribution in [0.25, 0.3) is 22.0 Å². The molecule has 0 bridgehead atoms. The van der Waals surface area contributed by atoms with Crippen LogP contribution in [0, 0.1) is 5.82 Å². The summed E-state index contributed by atoms with van der Waals surface area (Å²) in [6.45, 7) is 3.14. The third kappa shape index (κ3) is 3.53. The van der Waals surface area contributed by atoms with Crippen molar-refractivity contribution in [1.82, 2.24) is 9.88 Å². The van der Waals surface area contributed by atoms with E-state index in [2.05, 4.69) is 9.88 Å². The van der Waals surface area contributed by atoms with Gasteiger partial charge in [0.2, 0.25) is 0 Å². The van der Waals surface area contributed by atoms with E-state index in [1.807, 2.05) is 30.3 Å². The molecule has 1 fully saturated rings. The van der Waals surface area contributed by atoms with Gasteiger partial charge in [-0.25, -0.2) is 4.39 Å². The van der Waals surface area contributed by atoms with Gasteiger partial charge in [0, 0.05) is 23.7 Å². The van der Waals surface area contributed by atoms with E-state index in [0.29, 0.717) is 10.6 Å². The van der Waals surface area contributed by atoms with Gasteiger partial charge in [-0.15, -0.1) is 0 Å². The molecule has 1 aromatic heterocycles. The Morgan fingerprint density at radius 3 is 2.68 bits per heavy atom. The van der Waals surface area contributed by atoms with Crippen molar-refractivity contribution in [2.75, 3.05) is 13.1 Å². The minimum atomic E-state index is -0.207. The minimum absolute atomic E-state index is 0.207. The lowest BCUT2D eigenvalue weighted by Gasteiger charge is -2.26. The number of benzene rings is 2. The van der Waals surface area contributed by atoms with E-state index in [1.54, 1.807) is 18.3 Å². The summed E-state index contributed by atoms with van der Waals surface area (Å²) in [7, 11) is 0. The topological polar surface area (TPSA) is 16.1 Å². The monoisotopic (exact) mass is 354 g/mol. The molecule has 1 aliphatic rings. The molecular formula is C21H20ClFN2. The summed E-state index contributed by atoms with van der Waals surface area (Å²) in [5, 5.41) is 1.49. The van der Waals surface area contributed by atoms with Crippen molar-refractivity contribution in [3.05, 3.63) is 65.1 Å². The largest absolute Gasteiger partial charge is 0.299 e. The maximum Gasteiger partial charge on any atom is 0.131 e. The SMILES string of the molecule is Fc1ccc(CN2CCCCC2)cc1-c1ccc2nccc(Cl)c2c1. The Morgan fingerprint density at radius 2 is 1.84 bits per heavy atom. The van der Waals surface area contributed by atoms with E-state index in [1.165, 1.54) is 19.3 Å². The highest BCUT2D eigenvalue weighted by Gasteiger charge is 2.13. The first-order valence-electron chi connectivity index (χ1n) is 8.76.